The van der Waals surface area contributed by atoms with Crippen LogP contribution in [0.3, 0.4) is 0 Å². The van der Waals surface area contributed by atoms with Crippen molar-refractivity contribution in [3.63, 3.8) is 0 Å². The largest absolute Gasteiger partial charge is 0.298 e. The van der Waals surface area contributed by atoms with Crippen molar-refractivity contribution in [3.8, 4) is 0 Å². The van der Waals surface area contributed by atoms with Crippen LogP contribution in [-0.2, 0) is 9.59 Å². The molecule has 0 unspecified atom stereocenters. The first-order valence-electron chi connectivity index (χ1n) is 9.47. The zero-order valence-corrected chi connectivity index (χ0v) is 17.6. The van der Waals surface area contributed by atoms with Crippen molar-refractivity contribution in [2.75, 3.05) is 4.90 Å². The first-order valence-corrected chi connectivity index (χ1v) is 10.3. The van der Waals surface area contributed by atoms with E-state index in [-0.39, 0.29) is 10.7 Å². The van der Waals surface area contributed by atoms with Gasteiger partial charge in [0.2, 0.25) is 0 Å². The van der Waals surface area contributed by atoms with Crippen molar-refractivity contribution in [1.29, 1.82) is 0 Å². The summed E-state index contributed by atoms with van der Waals surface area (Å²) in [6, 6.07) is 22.2. The summed E-state index contributed by atoms with van der Waals surface area (Å²) in [5, 5.41) is 5.09. The standard InChI is InChI=1S/C24H14ClN3O2S/c25-17-8-10-18(11-9-17)28-23(30)19(22(29)27-24(28)31)13-16-6-3-5-15-12-14-4-1-2-7-20(14)26-21(15)16/h1-13H,(H,27,29,31)/b19-13-. The van der Waals surface area contributed by atoms with Gasteiger partial charge in [-0.25, -0.2) is 4.98 Å². The van der Waals surface area contributed by atoms with Gasteiger partial charge in [0.25, 0.3) is 11.8 Å². The second-order valence-electron chi connectivity index (χ2n) is 7.03. The Balaban J connectivity index is 1.63. The van der Waals surface area contributed by atoms with Gasteiger partial charge in [-0.2, -0.15) is 0 Å². The monoisotopic (exact) mass is 443 g/mol. The van der Waals surface area contributed by atoms with Crippen LogP contribution in [0, 0.1) is 0 Å². The van der Waals surface area contributed by atoms with E-state index >= 15 is 0 Å². The Kier molecular flexibility index (Phi) is 4.73. The van der Waals surface area contributed by atoms with Gasteiger partial charge in [-0.1, -0.05) is 48.0 Å². The lowest BCUT2D eigenvalue weighted by Gasteiger charge is -2.29. The summed E-state index contributed by atoms with van der Waals surface area (Å²) in [7, 11) is 0. The molecule has 2 amide bonds. The number of aromatic nitrogens is 1. The van der Waals surface area contributed by atoms with Crippen LogP contribution in [0.2, 0.25) is 5.02 Å². The van der Waals surface area contributed by atoms with Crippen molar-refractivity contribution >= 4 is 74.3 Å². The van der Waals surface area contributed by atoms with E-state index in [1.54, 1.807) is 30.3 Å². The zero-order valence-electron chi connectivity index (χ0n) is 16.0. The maximum absolute atomic E-state index is 13.2. The fraction of sp³-hybridized carbons (Fsp3) is 0. The Morgan fingerprint density at radius 2 is 1.68 bits per heavy atom. The van der Waals surface area contributed by atoms with Crippen molar-refractivity contribution in [1.82, 2.24) is 10.3 Å². The molecule has 3 aromatic carbocycles. The summed E-state index contributed by atoms with van der Waals surface area (Å²) in [5.74, 6) is -1.05. The quantitative estimate of drug-likeness (QED) is 0.208. The highest BCUT2D eigenvalue weighted by molar-refractivity contribution is 7.80. The van der Waals surface area contributed by atoms with E-state index in [2.05, 4.69) is 5.32 Å². The third-order valence-electron chi connectivity index (χ3n) is 5.06. The minimum atomic E-state index is -0.544. The molecular weight excluding hydrogens is 430 g/mol. The molecule has 1 fully saturated rings. The predicted octanol–water partition coefficient (Wildman–Crippen LogP) is 4.87. The van der Waals surface area contributed by atoms with E-state index < -0.39 is 11.8 Å². The topological polar surface area (TPSA) is 62.3 Å². The molecule has 0 bridgehead atoms. The number of carbonyl (C=O) groups excluding carboxylic acids is 2. The number of nitrogens with zero attached hydrogens (tertiary/aromatic N) is 2. The minimum absolute atomic E-state index is 0.0222. The lowest BCUT2D eigenvalue weighted by molar-refractivity contribution is -0.122. The average Bonchev–Trinajstić information content (AvgIpc) is 2.76. The van der Waals surface area contributed by atoms with Crippen LogP contribution in [0.25, 0.3) is 27.9 Å². The molecule has 0 spiro atoms. The first-order chi connectivity index (χ1) is 15.0. The molecule has 1 aliphatic heterocycles. The van der Waals surface area contributed by atoms with E-state index in [4.69, 9.17) is 28.8 Å². The number of carbonyl (C=O) groups is 2. The molecule has 7 heteroatoms. The van der Waals surface area contributed by atoms with Gasteiger partial charge in [0.1, 0.15) is 5.57 Å². The van der Waals surface area contributed by atoms with Crippen molar-refractivity contribution in [3.05, 3.63) is 89.0 Å². The van der Waals surface area contributed by atoms with Gasteiger partial charge in [-0.15, -0.1) is 0 Å². The van der Waals surface area contributed by atoms with Crippen molar-refractivity contribution in [2.45, 2.75) is 0 Å². The van der Waals surface area contributed by atoms with E-state index in [9.17, 15) is 9.59 Å². The second kappa shape index (κ2) is 7.58. The molecule has 2 heterocycles. The molecule has 5 rings (SSSR count). The first kappa shape index (κ1) is 19.4. The van der Waals surface area contributed by atoms with Gasteiger partial charge < -0.3 is 0 Å². The average molecular weight is 444 g/mol. The highest BCUT2D eigenvalue weighted by Crippen LogP contribution is 2.27. The molecule has 4 aromatic rings. The van der Waals surface area contributed by atoms with E-state index in [0.29, 0.717) is 21.8 Å². The number of para-hydroxylation sites is 2. The summed E-state index contributed by atoms with van der Waals surface area (Å²) in [6.07, 6.45) is 1.56. The Bertz CT molecular complexity index is 1430. The predicted molar refractivity (Wildman–Crippen MR) is 127 cm³/mol. The number of rotatable bonds is 2. The number of halogens is 1. The number of anilines is 1. The Morgan fingerprint density at radius 1 is 0.935 bits per heavy atom. The normalized spacial score (nSPS) is 15.7. The lowest BCUT2D eigenvalue weighted by atomic mass is 10.0. The number of hydrogen-bond donors (Lipinski definition) is 1. The van der Waals surface area contributed by atoms with Crippen LogP contribution in [0.15, 0.2) is 78.4 Å². The van der Waals surface area contributed by atoms with Crippen LogP contribution < -0.4 is 10.2 Å². The smallest absolute Gasteiger partial charge is 0.270 e. The van der Waals surface area contributed by atoms with Gasteiger partial charge in [0.05, 0.1) is 16.7 Å². The third-order valence-corrected chi connectivity index (χ3v) is 5.60. The molecule has 0 atom stereocenters. The molecule has 5 nitrogen and oxygen atoms in total. The lowest BCUT2D eigenvalue weighted by Crippen LogP contribution is -2.54. The van der Waals surface area contributed by atoms with Gasteiger partial charge >= 0.3 is 0 Å². The van der Waals surface area contributed by atoms with Crippen LogP contribution in [-0.4, -0.2) is 21.9 Å². The molecule has 0 aliphatic carbocycles. The van der Waals surface area contributed by atoms with Crippen LogP contribution in [0.1, 0.15) is 5.56 Å². The molecule has 150 valence electrons. The maximum Gasteiger partial charge on any atom is 0.270 e. The van der Waals surface area contributed by atoms with Crippen LogP contribution in [0.4, 0.5) is 5.69 Å². The number of amides is 2. The fourth-order valence-corrected chi connectivity index (χ4v) is 3.99. The molecule has 31 heavy (non-hydrogen) atoms. The molecular formula is C24H14ClN3O2S. The maximum atomic E-state index is 13.2. The van der Waals surface area contributed by atoms with Crippen LogP contribution in [0.5, 0.6) is 0 Å². The number of benzene rings is 3. The molecule has 1 aromatic heterocycles. The summed E-state index contributed by atoms with van der Waals surface area (Å²) in [6.45, 7) is 0. The Hall–Kier alpha value is -3.61. The Morgan fingerprint density at radius 3 is 2.48 bits per heavy atom. The van der Waals surface area contributed by atoms with E-state index in [0.717, 1.165) is 16.3 Å². The SMILES string of the molecule is O=C1NC(=S)N(c2ccc(Cl)cc2)C(=O)/C1=C\c1cccc2cc3ccccc3nc12. The summed E-state index contributed by atoms with van der Waals surface area (Å²) in [4.78, 5) is 31.9. The van der Waals surface area contributed by atoms with Gasteiger partial charge in [-0.3, -0.25) is 19.8 Å². The molecule has 1 aliphatic rings. The second-order valence-corrected chi connectivity index (χ2v) is 7.86. The zero-order chi connectivity index (χ0) is 21.5. The summed E-state index contributed by atoms with van der Waals surface area (Å²) >= 11 is 11.2. The van der Waals surface area contributed by atoms with E-state index in [1.165, 1.54) is 4.90 Å². The summed E-state index contributed by atoms with van der Waals surface area (Å²) in [5.41, 5.74) is 2.72. The number of pyridine rings is 1. The van der Waals surface area contributed by atoms with Gasteiger partial charge in [0, 0.05) is 21.4 Å². The van der Waals surface area contributed by atoms with Gasteiger partial charge in [0.15, 0.2) is 5.11 Å². The summed E-state index contributed by atoms with van der Waals surface area (Å²) < 4.78 is 0. The van der Waals surface area contributed by atoms with E-state index in [1.807, 2.05) is 48.5 Å². The highest BCUT2D eigenvalue weighted by Gasteiger charge is 2.34. The fourth-order valence-electron chi connectivity index (χ4n) is 3.58. The number of nitrogens with one attached hydrogen (secondary N) is 1. The molecule has 1 N–H and O–H groups in total. The molecule has 0 saturated carbocycles. The highest BCUT2D eigenvalue weighted by atomic mass is 35.5. The van der Waals surface area contributed by atoms with Crippen LogP contribution >= 0.6 is 23.8 Å². The molecule has 1 saturated heterocycles. The number of thiocarbonyl (C=S) groups is 1. The van der Waals surface area contributed by atoms with Crippen molar-refractivity contribution in [2.24, 2.45) is 0 Å². The molecule has 0 radical (unpaired) electrons. The number of fused-ring (bicyclic) bond motifs is 2. The Labute approximate surface area is 187 Å². The third kappa shape index (κ3) is 3.46. The van der Waals surface area contributed by atoms with Crippen molar-refractivity contribution < 1.29 is 9.59 Å². The number of hydrogen-bond acceptors (Lipinski definition) is 4. The van der Waals surface area contributed by atoms with Gasteiger partial charge in [-0.05, 0) is 54.7 Å². The minimum Gasteiger partial charge on any atom is -0.298 e.